The van der Waals surface area contributed by atoms with E-state index in [0.29, 0.717) is 12.5 Å². The Hall–Kier alpha value is -1.49. The van der Waals surface area contributed by atoms with Crippen LogP contribution in [0, 0.1) is 0 Å². The number of aromatic nitrogens is 3. The third-order valence-electron chi connectivity index (χ3n) is 2.23. The smallest absolute Gasteiger partial charge is 0.231 e. The molecule has 2 heterocycles. The second-order valence-corrected chi connectivity index (χ2v) is 4.34. The van der Waals surface area contributed by atoms with Crippen LogP contribution in [0.25, 0.3) is 0 Å². The van der Waals surface area contributed by atoms with Gasteiger partial charge in [0.25, 0.3) is 0 Å². The Bertz CT molecular complexity index is 464. The highest BCUT2D eigenvalue weighted by Gasteiger charge is 2.01. The van der Waals surface area contributed by atoms with E-state index in [1.807, 2.05) is 12.1 Å². The van der Waals surface area contributed by atoms with Crippen molar-refractivity contribution >= 4 is 15.9 Å². The van der Waals surface area contributed by atoms with Crippen LogP contribution in [0.15, 0.2) is 41.5 Å². The van der Waals surface area contributed by atoms with Gasteiger partial charge in [0.1, 0.15) is 6.33 Å². The van der Waals surface area contributed by atoms with Gasteiger partial charge in [0.2, 0.25) is 5.88 Å². The van der Waals surface area contributed by atoms with Crippen molar-refractivity contribution in [2.75, 3.05) is 6.61 Å². The summed E-state index contributed by atoms with van der Waals surface area (Å²) in [6.07, 6.45) is 8.67. The van der Waals surface area contributed by atoms with Crippen molar-refractivity contribution in [1.29, 1.82) is 0 Å². The number of hydrogen-bond donors (Lipinski definition) is 0. The third kappa shape index (κ3) is 3.78. The predicted molar refractivity (Wildman–Crippen MR) is 67.8 cm³/mol. The summed E-state index contributed by atoms with van der Waals surface area (Å²) in [6.45, 7) is 0.637. The Morgan fingerprint density at radius 2 is 2.00 bits per heavy atom. The molecule has 0 N–H and O–H groups in total. The Kier molecular flexibility index (Phi) is 4.44. The predicted octanol–water partition coefficient (Wildman–Crippen LogP) is 2.65. The summed E-state index contributed by atoms with van der Waals surface area (Å²) in [7, 11) is 0. The van der Waals surface area contributed by atoms with E-state index in [0.717, 1.165) is 17.3 Å². The van der Waals surface area contributed by atoms with Crippen LogP contribution in [0.1, 0.15) is 12.0 Å². The zero-order valence-electron chi connectivity index (χ0n) is 9.21. The number of nitrogens with zero attached hydrogens (tertiary/aromatic N) is 3. The molecule has 4 nitrogen and oxygen atoms in total. The van der Waals surface area contributed by atoms with E-state index in [9.17, 15) is 0 Å². The highest BCUT2D eigenvalue weighted by Crippen LogP contribution is 2.19. The molecule has 17 heavy (non-hydrogen) atoms. The number of halogens is 1. The molecule has 0 saturated heterocycles. The topological polar surface area (TPSA) is 47.9 Å². The van der Waals surface area contributed by atoms with E-state index in [1.54, 1.807) is 18.6 Å². The van der Waals surface area contributed by atoms with Crippen LogP contribution < -0.4 is 4.74 Å². The second-order valence-electron chi connectivity index (χ2n) is 3.48. The first-order valence-corrected chi connectivity index (χ1v) is 6.13. The number of aryl methyl sites for hydroxylation is 1. The van der Waals surface area contributed by atoms with Crippen molar-refractivity contribution in [3.05, 3.63) is 47.1 Å². The second kappa shape index (κ2) is 6.30. The Morgan fingerprint density at radius 1 is 1.18 bits per heavy atom. The quantitative estimate of drug-likeness (QED) is 0.795. The van der Waals surface area contributed by atoms with Gasteiger partial charge < -0.3 is 4.74 Å². The third-order valence-corrected chi connectivity index (χ3v) is 2.78. The number of pyridine rings is 1. The molecule has 0 fully saturated rings. The molecule has 0 spiro atoms. The molecule has 5 heteroatoms. The molecule has 0 radical (unpaired) electrons. The van der Waals surface area contributed by atoms with Gasteiger partial charge in [0.15, 0.2) is 0 Å². The van der Waals surface area contributed by atoms with Crippen molar-refractivity contribution < 1.29 is 4.74 Å². The van der Waals surface area contributed by atoms with Gasteiger partial charge in [-0.3, -0.25) is 4.98 Å². The molecule has 88 valence electrons. The van der Waals surface area contributed by atoms with Crippen LogP contribution in [-0.2, 0) is 6.42 Å². The maximum absolute atomic E-state index is 5.54. The van der Waals surface area contributed by atoms with Crippen LogP contribution in [-0.4, -0.2) is 21.6 Å². The summed E-state index contributed by atoms with van der Waals surface area (Å²) in [5.74, 6) is 0.592. The van der Waals surface area contributed by atoms with E-state index in [1.165, 1.54) is 11.9 Å². The molecular formula is C12H12BrN3O. The number of rotatable bonds is 5. The van der Waals surface area contributed by atoms with Crippen molar-refractivity contribution in [3.8, 4) is 5.88 Å². The van der Waals surface area contributed by atoms with E-state index in [-0.39, 0.29) is 0 Å². The standard InChI is InChI=1S/C12H12BrN3O/c13-11-8-15-9-16-12(11)17-7-1-2-10-3-5-14-6-4-10/h3-6,8-9H,1-2,7H2. The van der Waals surface area contributed by atoms with Gasteiger partial charge in [0.05, 0.1) is 11.1 Å². The molecule has 0 amide bonds. The van der Waals surface area contributed by atoms with Crippen molar-refractivity contribution in [2.45, 2.75) is 12.8 Å². The average molecular weight is 294 g/mol. The molecule has 0 aromatic carbocycles. The Labute approximate surface area is 108 Å². The molecule has 0 unspecified atom stereocenters. The van der Waals surface area contributed by atoms with Gasteiger partial charge in [-0.2, -0.15) is 0 Å². The largest absolute Gasteiger partial charge is 0.477 e. The van der Waals surface area contributed by atoms with E-state index < -0.39 is 0 Å². The van der Waals surface area contributed by atoms with Gasteiger partial charge in [-0.25, -0.2) is 9.97 Å². The highest BCUT2D eigenvalue weighted by molar-refractivity contribution is 9.10. The zero-order chi connectivity index (χ0) is 11.9. The van der Waals surface area contributed by atoms with E-state index in [4.69, 9.17) is 4.74 Å². The van der Waals surface area contributed by atoms with Crippen LogP contribution in [0.2, 0.25) is 0 Å². The summed E-state index contributed by atoms with van der Waals surface area (Å²) in [5.41, 5.74) is 1.27. The molecule has 0 atom stereocenters. The molecule has 0 aliphatic rings. The fraction of sp³-hybridized carbons (Fsp3) is 0.250. The normalized spacial score (nSPS) is 10.2. The SMILES string of the molecule is Brc1cncnc1OCCCc1ccncc1. The number of hydrogen-bond acceptors (Lipinski definition) is 4. The van der Waals surface area contributed by atoms with Crippen LogP contribution >= 0.6 is 15.9 Å². The lowest BCUT2D eigenvalue weighted by Crippen LogP contribution is -2.01. The summed E-state index contributed by atoms with van der Waals surface area (Å²) in [6, 6.07) is 4.03. The van der Waals surface area contributed by atoms with Gasteiger partial charge in [-0.05, 0) is 46.5 Å². The molecule has 0 saturated carbocycles. The minimum atomic E-state index is 0.592. The van der Waals surface area contributed by atoms with Crippen molar-refractivity contribution in [1.82, 2.24) is 15.0 Å². The van der Waals surface area contributed by atoms with Gasteiger partial charge in [-0.1, -0.05) is 0 Å². The van der Waals surface area contributed by atoms with Crippen LogP contribution in [0.3, 0.4) is 0 Å². The van der Waals surface area contributed by atoms with E-state index in [2.05, 4.69) is 30.9 Å². The Balaban J connectivity index is 1.76. The lowest BCUT2D eigenvalue weighted by molar-refractivity contribution is 0.296. The molecule has 0 aliphatic carbocycles. The molecule has 2 aromatic heterocycles. The monoisotopic (exact) mass is 293 g/mol. The minimum Gasteiger partial charge on any atom is -0.477 e. The molecule has 0 bridgehead atoms. The van der Waals surface area contributed by atoms with Gasteiger partial charge in [0, 0.05) is 18.6 Å². The molecule has 2 aromatic rings. The first-order valence-electron chi connectivity index (χ1n) is 5.33. The number of ether oxygens (including phenoxy) is 1. The van der Waals surface area contributed by atoms with Crippen LogP contribution in [0.5, 0.6) is 5.88 Å². The lowest BCUT2D eigenvalue weighted by atomic mass is 10.1. The molecule has 0 aliphatic heterocycles. The lowest BCUT2D eigenvalue weighted by Gasteiger charge is -2.06. The highest BCUT2D eigenvalue weighted by atomic mass is 79.9. The van der Waals surface area contributed by atoms with E-state index >= 15 is 0 Å². The minimum absolute atomic E-state index is 0.592. The van der Waals surface area contributed by atoms with Crippen LogP contribution in [0.4, 0.5) is 0 Å². The maximum atomic E-state index is 5.54. The first kappa shape index (κ1) is 12.0. The van der Waals surface area contributed by atoms with Crippen molar-refractivity contribution in [3.63, 3.8) is 0 Å². The van der Waals surface area contributed by atoms with Crippen molar-refractivity contribution in [2.24, 2.45) is 0 Å². The summed E-state index contributed by atoms with van der Waals surface area (Å²) < 4.78 is 6.33. The van der Waals surface area contributed by atoms with Gasteiger partial charge in [-0.15, -0.1) is 0 Å². The average Bonchev–Trinajstić information content (AvgIpc) is 2.38. The molecule has 2 rings (SSSR count). The summed E-state index contributed by atoms with van der Waals surface area (Å²) in [5, 5.41) is 0. The fourth-order valence-electron chi connectivity index (χ4n) is 1.40. The summed E-state index contributed by atoms with van der Waals surface area (Å²) >= 11 is 3.34. The zero-order valence-corrected chi connectivity index (χ0v) is 10.8. The summed E-state index contributed by atoms with van der Waals surface area (Å²) in [4.78, 5) is 11.9. The maximum Gasteiger partial charge on any atom is 0.231 e. The Morgan fingerprint density at radius 3 is 2.76 bits per heavy atom. The first-order chi connectivity index (χ1) is 8.36. The molecular weight excluding hydrogens is 282 g/mol. The van der Waals surface area contributed by atoms with Gasteiger partial charge >= 0.3 is 0 Å². The fourth-order valence-corrected chi connectivity index (χ4v) is 1.74.